The first-order valence-electron chi connectivity index (χ1n) is 7.40. The number of thiophene rings is 1. The van der Waals surface area contributed by atoms with E-state index in [9.17, 15) is 4.79 Å². The third-order valence-electron chi connectivity index (χ3n) is 3.86. The summed E-state index contributed by atoms with van der Waals surface area (Å²) in [5.74, 6) is 1.02. The van der Waals surface area contributed by atoms with Crippen LogP contribution in [0.1, 0.15) is 31.1 Å². The molecule has 1 N–H and O–H groups in total. The van der Waals surface area contributed by atoms with Crippen molar-refractivity contribution in [3.63, 3.8) is 0 Å². The Balaban J connectivity index is 1.69. The number of hydrogen-bond donors (Lipinski definition) is 1. The van der Waals surface area contributed by atoms with Gasteiger partial charge in [-0.05, 0) is 44.3 Å². The Hall–Kier alpha value is -0.580. The van der Waals surface area contributed by atoms with Gasteiger partial charge in [0.25, 0.3) is 0 Å². The SMILES string of the molecule is CCNCC1CCN(C(=O)CCc2cc(Cl)cs2)CC1. The third kappa shape index (κ3) is 4.76. The number of rotatable bonds is 6. The number of amides is 1. The number of halogens is 1. The second-order valence-corrected chi connectivity index (χ2v) is 6.80. The maximum Gasteiger partial charge on any atom is 0.222 e. The lowest BCUT2D eigenvalue weighted by atomic mass is 9.96. The van der Waals surface area contributed by atoms with Crippen molar-refractivity contribution in [1.82, 2.24) is 10.2 Å². The van der Waals surface area contributed by atoms with Crippen molar-refractivity contribution in [2.75, 3.05) is 26.2 Å². The van der Waals surface area contributed by atoms with Crippen molar-refractivity contribution >= 4 is 28.8 Å². The van der Waals surface area contributed by atoms with Crippen LogP contribution in [0.4, 0.5) is 0 Å². The van der Waals surface area contributed by atoms with Crippen molar-refractivity contribution in [1.29, 1.82) is 0 Å². The van der Waals surface area contributed by atoms with Crippen LogP contribution in [0, 0.1) is 5.92 Å². The molecule has 1 amide bonds. The molecule has 5 heteroatoms. The predicted octanol–water partition coefficient (Wildman–Crippen LogP) is 3.18. The van der Waals surface area contributed by atoms with Gasteiger partial charge in [-0.3, -0.25) is 4.79 Å². The number of carbonyl (C=O) groups excluding carboxylic acids is 1. The normalized spacial score (nSPS) is 16.6. The average Bonchev–Trinajstić information content (AvgIpc) is 2.89. The second kappa shape index (κ2) is 8.01. The lowest BCUT2D eigenvalue weighted by Crippen LogP contribution is -2.40. The number of aryl methyl sites for hydroxylation is 1. The van der Waals surface area contributed by atoms with E-state index in [1.54, 1.807) is 11.3 Å². The number of nitrogens with one attached hydrogen (secondary N) is 1. The Bertz CT molecular complexity index is 427. The minimum absolute atomic E-state index is 0.288. The van der Waals surface area contributed by atoms with Gasteiger partial charge in [0, 0.05) is 29.8 Å². The Kier molecular flexibility index (Phi) is 6.33. The van der Waals surface area contributed by atoms with Gasteiger partial charge in [-0.25, -0.2) is 0 Å². The maximum absolute atomic E-state index is 12.2. The van der Waals surface area contributed by atoms with Crippen LogP contribution in [0.15, 0.2) is 11.4 Å². The molecule has 0 spiro atoms. The van der Waals surface area contributed by atoms with Crippen LogP contribution in [0.5, 0.6) is 0 Å². The standard InChI is InChI=1S/C15H23ClN2OS/c1-2-17-10-12-5-7-18(8-6-12)15(19)4-3-14-9-13(16)11-20-14/h9,11-12,17H,2-8,10H2,1H3. The minimum atomic E-state index is 0.288. The highest BCUT2D eigenvalue weighted by atomic mass is 35.5. The number of carbonyl (C=O) groups is 1. The first-order valence-corrected chi connectivity index (χ1v) is 8.66. The molecular formula is C15H23ClN2OS. The summed E-state index contributed by atoms with van der Waals surface area (Å²) >= 11 is 7.53. The number of nitrogens with zero attached hydrogens (tertiary/aromatic N) is 1. The molecule has 0 radical (unpaired) electrons. The van der Waals surface area contributed by atoms with Gasteiger partial charge < -0.3 is 10.2 Å². The fourth-order valence-corrected chi connectivity index (χ4v) is 3.69. The van der Waals surface area contributed by atoms with E-state index in [-0.39, 0.29) is 5.91 Å². The van der Waals surface area contributed by atoms with E-state index in [2.05, 4.69) is 12.2 Å². The fraction of sp³-hybridized carbons (Fsp3) is 0.667. The molecule has 1 aromatic heterocycles. The second-order valence-electron chi connectivity index (χ2n) is 5.36. The van der Waals surface area contributed by atoms with E-state index in [4.69, 9.17) is 11.6 Å². The molecule has 1 aromatic rings. The Morgan fingerprint density at radius 3 is 2.85 bits per heavy atom. The van der Waals surface area contributed by atoms with Crippen LogP contribution >= 0.6 is 22.9 Å². The number of piperidine rings is 1. The molecular weight excluding hydrogens is 292 g/mol. The highest BCUT2D eigenvalue weighted by molar-refractivity contribution is 7.10. The van der Waals surface area contributed by atoms with Gasteiger partial charge >= 0.3 is 0 Å². The zero-order chi connectivity index (χ0) is 14.4. The van der Waals surface area contributed by atoms with E-state index in [1.807, 2.05) is 16.3 Å². The molecule has 0 atom stereocenters. The molecule has 0 saturated carbocycles. The van der Waals surface area contributed by atoms with E-state index in [0.29, 0.717) is 6.42 Å². The fourth-order valence-electron chi connectivity index (χ4n) is 2.61. The summed E-state index contributed by atoms with van der Waals surface area (Å²) in [6.45, 7) is 6.09. The first-order chi connectivity index (χ1) is 9.69. The van der Waals surface area contributed by atoms with Crippen LogP contribution in [0.2, 0.25) is 5.02 Å². The Morgan fingerprint density at radius 2 is 2.25 bits per heavy atom. The first kappa shape index (κ1) is 15.8. The van der Waals surface area contributed by atoms with Gasteiger partial charge in [0.2, 0.25) is 5.91 Å². The molecule has 0 unspecified atom stereocenters. The van der Waals surface area contributed by atoms with Crippen LogP contribution in [-0.4, -0.2) is 37.0 Å². The van der Waals surface area contributed by atoms with Gasteiger partial charge in [0.05, 0.1) is 5.02 Å². The van der Waals surface area contributed by atoms with Crippen LogP contribution in [0.25, 0.3) is 0 Å². The Labute approximate surface area is 130 Å². The maximum atomic E-state index is 12.2. The summed E-state index contributed by atoms with van der Waals surface area (Å²) < 4.78 is 0. The predicted molar refractivity (Wildman–Crippen MR) is 85.5 cm³/mol. The summed E-state index contributed by atoms with van der Waals surface area (Å²) in [7, 11) is 0. The molecule has 1 fully saturated rings. The number of hydrogen-bond acceptors (Lipinski definition) is 3. The molecule has 1 saturated heterocycles. The summed E-state index contributed by atoms with van der Waals surface area (Å²) in [6.07, 6.45) is 3.68. The van der Waals surface area contributed by atoms with E-state index < -0.39 is 0 Å². The summed E-state index contributed by atoms with van der Waals surface area (Å²) in [5, 5.41) is 6.10. The van der Waals surface area contributed by atoms with Crippen molar-refractivity contribution in [3.05, 3.63) is 21.3 Å². The zero-order valence-corrected chi connectivity index (χ0v) is 13.6. The molecule has 0 aromatic carbocycles. The third-order valence-corrected chi connectivity index (χ3v) is 5.20. The van der Waals surface area contributed by atoms with E-state index >= 15 is 0 Å². The van der Waals surface area contributed by atoms with Gasteiger partial charge in [0.15, 0.2) is 0 Å². The summed E-state index contributed by atoms with van der Waals surface area (Å²) in [6, 6.07) is 1.96. The van der Waals surface area contributed by atoms with Crippen molar-refractivity contribution in [2.45, 2.75) is 32.6 Å². The Morgan fingerprint density at radius 1 is 1.50 bits per heavy atom. The summed E-state index contributed by atoms with van der Waals surface area (Å²) in [4.78, 5) is 15.4. The molecule has 3 nitrogen and oxygen atoms in total. The van der Waals surface area contributed by atoms with Crippen LogP contribution in [-0.2, 0) is 11.2 Å². The topological polar surface area (TPSA) is 32.3 Å². The van der Waals surface area contributed by atoms with Crippen molar-refractivity contribution in [3.8, 4) is 0 Å². The summed E-state index contributed by atoms with van der Waals surface area (Å²) in [5.41, 5.74) is 0. The zero-order valence-electron chi connectivity index (χ0n) is 12.0. The monoisotopic (exact) mass is 314 g/mol. The molecule has 1 aliphatic heterocycles. The van der Waals surface area contributed by atoms with Gasteiger partial charge in [-0.2, -0.15) is 0 Å². The molecule has 2 rings (SSSR count). The smallest absolute Gasteiger partial charge is 0.222 e. The molecule has 1 aliphatic rings. The molecule has 0 bridgehead atoms. The minimum Gasteiger partial charge on any atom is -0.343 e. The molecule has 112 valence electrons. The van der Waals surface area contributed by atoms with Crippen LogP contribution in [0.3, 0.4) is 0 Å². The van der Waals surface area contributed by atoms with Gasteiger partial charge in [-0.1, -0.05) is 18.5 Å². The van der Waals surface area contributed by atoms with Gasteiger partial charge in [0.1, 0.15) is 0 Å². The average molecular weight is 315 g/mol. The highest BCUT2D eigenvalue weighted by Gasteiger charge is 2.22. The van der Waals surface area contributed by atoms with E-state index in [0.717, 1.165) is 56.4 Å². The largest absolute Gasteiger partial charge is 0.343 e. The quantitative estimate of drug-likeness (QED) is 0.874. The lowest BCUT2D eigenvalue weighted by molar-refractivity contribution is -0.132. The molecule has 20 heavy (non-hydrogen) atoms. The number of likely N-dealkylation sites (tertiary alicyclic amines) is 1. The van der Waals surface area contributed by atoms with Crippen molar-refractivity contribution in [2.24, 2.45) is 5.92 Å². The van der Waals surface area contributed by atoms with Crippen LogP contribution < -0.4 is 5.32 Å². The van der Waals surface area contributed by atoms with Gasteiger partial charge in [-0.15, -0.1) is 11.3 Å². The molecule has 2 heterocycles. The van der Waals surface area contributed by atoms with E-state index in [1.165, 1.54) is 4.88 Å². The molecule has 0 aliphatic carbocycles. The highest BCUT2D eigenvalue weighted by Crippen LogP contribution is 2.22. The lowest BCUT2D eigenvalue weighted by Gasteiger charge is -2.32. The van der Waals surface area contributed by atoms with Crippen molar-refractivity contribution < 1.29 is 4.79 Å².